The maximum atomic E-state index is 10.4. The number of hydrogen-bond acceptors (Lipinski definition) is 1. The minimum absolute atomic E-state index is 0. The Morgan fingerprint density at radius 1 is 1.46 bits per heavy atom. The van der Waals surface area contributed by atoms with Crippen LogP contribution < -0.4 is 34.3 Å². The van der Waals surface area contributed by atoms with Crippen LogP contribution in [0.1, 0.15) is 5.56 Å². The number of primary amides is 1. The number of aromatic nitrogens is 1. The molecule has 70 valence electrons. The van der Waals surface area contributed by atoms with Gasteiger partial charge in [0.25, 0.3) is 0 Å². The van der Waals surface area contributed by atoms with Gasteiger partial charge in [-0.2, -0.15) is 0 Å². The van der Waals surface area contributed by atoms with Crippen molar-refractivity contribution in [3.63, 3.8) is 0 Å². The van der Waals surface area contributed by atoms with Crippen LogP contribution in [-0.4, -0.2) is 5.91 Å². The quantitative estimate of drug-likeness (QED) is 0.352. The van der Waals surface area contributed by atoms with Crippen LogP contribution in [0, 0.1) is 0 Å². The van der Waals surface area contributed by atoms with E-state index >= 15 is 0 Å². The molecule has 0 radical (unpaired) electrons. The van der Waals surface area contributed by atoms with Crippen LogP contribution in [0.5, 0.6) is 0 Å². The van der Waals surface area contributed by atoms with Crippen LogP contribution >= 0.6 is 0 Å². The second-order valence-corrected chi connectivity index (χ2v) is 2.53. The summed E-state index contributed by atoms with van der Waals surface area (Å²) in [6.45, 7) is 0. The number of nitrogens with two attached hydrogens (primary N) is 1. The Labute approximate surface area is 94.3 Å². The highest BCUT2D eigenvalue weighted by atomic mass is 127. The molecule has 2 N–H and O–H groups in total. The minimum atomic E-state index is -0.428. The van der Waals surface area contributed by atoms with Crippen LogP contribution in [0.25, 0.3) is 6.08 Å². The van der Waals surface area contributed by atoms with Crippen LogP contribution in [0.4, 0.5) is 0 Å². The molecule has 0 saturated carbocycles. The van der Waals surface area contributed by atoms with Crippen molar-refractivity contribution < 1.29 is 33.3 Å². The number of aryl methyl sites for hydroxylation is 1. The van der Waals surface area contributed by atoms with Gasteiger partial charge < -0.3 is 29.7 Å². The summed E-state index contributed by atoms with van der Waals surface area (Å²) in [7, 11) is 1.93. The number of carbonyl (C=O) groups excluding carboxylic acids is 1. The monoisotopic (exact) mass is 290 g/mol. The second kappa shape index (κ2) is 5.69. The van der Waals surface area contributed by atoms with Gasteiger partial charge in [-0.15, -0.1) is 0 Å². The van der Waals surface area contributed by atoms with E-state index in [0.717, 1.165) is 5.56 Å². The molecule has 0 spiro atoms. The van der Waals surface area contributed by atoms with Crippen LogP contribution in [-0.2, 0) is 11.8 Å². The Kier molecular flexibility index (Phi) is 5.29. The Hall–Kier alpha value is -0.910. The molecule has 1 aromatic rings. The molecule has 1 amide bonds. The zero-order chi connectivity index (χ0) is 8.97. The molecular formula is C9H11IN2O. The fraction of sp³-hybridized carbons (Fsp3) is 0.111. The lowest BCUT2D eigenvalue weighted by atomic mass is 10.2. The molecule has 4 heteroatoms. The Morgan fingerprint density at radius 2 is 2.00 bits per heavy atom. The highest BCUT2D eigenvalue weighted by Crippen LogP contribution is 1.96. The highest BCUT2D eigenvalue weighted by molar-refractivity contribution is 5.90. The average Bonchev–Trinajstić information content (AvgIpc) is 2.03. The number of pyridine rings is 1. The van der Waals surface area contributed by atoms with Crippen LogP contribution in [0.15, 0.2) is 30.6 Å². The summed E-state index contributed by atoms with van der Waals surface area (Å²) in [5.74, 6) is -0.428. The molecule has 0 atom stereocenters. The summed E-state index contributed by atoms with van der Waals surface area (Å²) < 4.78 is 1.92. The van der Waals surface area contributed by atoms with Gasteiger partial charge in [-0.1, -0.05) is 0 Å². The topological polar surface area (TPSA) is 47.0 Å². The Bertz CT molecular complexity index is 306. The summed E-state index contributed by atoms with van der Waals surface area (Å²) >= 11 is 0. The number of nitrogens with zero attached hydrogens (tertiary/aromatic N) is 1. The lowest BCUT2D eigenvalue weighted by Crippen LogP contribution is -3.00. The third-order valence-electron chi connectivity index (χ3n) is 1.44. The third kappa shape index (κ3) is 4.62. The largest absolute Gasteiger partial charge is 1.00 e. The van der Waals surface area contributed by atoms with Crippen molar-refractivity contribution in [3.05, 3.63) is 36.2 Å². The van der Waals surface area contributed by atoms with Crippen molar-refractivity contribution in [2.24, 2.45) is 12.8 Å². The predicted octanol–water partition coefficient (Wildman–Crippen LogP) is -2.99. The fourth-order valence-corrected chi connectivity index (χ4v) is 0.802. The normalized spacial score (nSPS) is 9.62. The zero-order valence-corrected chi connectivity index (χ0v) is 9.43. The molecule has 0 saturated heterocycles. The number of hydrogen-bond donors (Lipinski definition) is 1. The smallest absolute Gasteiger partial charge is 0.241 e. The number of amides is 1. The van der Waals surface area contributed by atoms with E-state index in [-0.39, 0.29) is 24.0 Å². The number of rotatable bonds is 2. The van der Waals surface area contributed by atoms with E-state index in [1.54, 1.807) is 6.08 Å². The van der Waals surface area contributed by atoms with Gasteiger partial charge >= 0.3 is 0 Å². The molecule has 0 aliphatic rings. The van der Waals surface area contributed by atoms with E-state index < -0.39 is 5.91 Å². The highest BCUT2D eigenvalue weighted by Gasteiger charge is 1.91. The molecule has 1 heterocycles. The molecule has 0 fully saturated rings. The van der Waals surface area contributed by atoms with Crippen molar-refractivity contribution in [1.82, 2.24) is 0 Å². The van der Waals surface area contributed by atoms with Crippen molar-refractivity contribution in [2.75, 3.05) is 0 Å². The maximum absolute atomic E-state index is 10.4. The average molecular weight is 290 g/mol. The molecule has 3 nitrogen and oxygen atoms in total. The van der Waals surface area contributed by atoms with E-state index in [9.17, 15) is 4.79 Å². The van der Waals surface area contributed by atoms with E-state index in [1.165, 1.54) is 6.08 Å². The Balaban J connectivity index is 0.00000144. The van der Waals surface area contributed by atoms with Gasteiger partial charge in [0.05, 0.1) is 0 Å². The van der Waals surface area contributed by atoms with E-state index in [0.29, 0.717) is 0 Å². The molecular weight excluding hydrogens is 279 g/mol. The van der Waals surface area contributed by atoms with Crippen LogP contribution in [0.3, 0.4) is 0 Å². The molecule has 1 aromatic heterocycles. The molecule has 0 aromatic carbocycles. The zero-order valence-electron chi connectivity index (χ0n) is 7.27. The van der Waals surface area contributed by atoms with Gasteiger partial charge in [0.15, 0.2) is 12.4 Å². The van der Waals surface area contributed by atoms with Gasteiger partial charge in [-0.3, -0.25) is 4.79 Å². The summed E-state index contributed by atoms with van der Waals surface area (Å²) in [5, 5.41) is 0. The Morgan fingerprint density at radius 3 is 2.46 bits per heavy atom. The summed E-state index contributed by atoms with van der Waals surface area (Å²) in [6, 6.07) is 3.80. The lowest BCUT2D eigenvalue weighted by Gasteiger charge is -1.88. The lowest BCUT2D eigenvalue weighted by molar-refractivity contribution is -0.671. The summed E-state index contributed by atoms with van der Waals surface area (Å²) in [6.07, 6.45) is 6.83. The number of carbonyl (C=O) groups is 1. The van der Waals surface area contributed by atoms with Gasteiger partial charge in [-0.05, 0) is 11.6 Å². The third-order valence-corrected chi connectivity index (χ3v) is 1.44. The molecule has 0 bridgehead atoms. The van der Waals surface area contributed by atoms with Crippen molar-refractivity contribution in [3.8, 4) is 0 Å². The van der Waals surface area contributed by atoms with E-state index in [1.807, 2.05) is 36.1 Å². The van der Waals surface area contributed by atoms with E-state index in [2.05, 4.69) is 0 Å². The SMILES string of the molecule is C[n+]1ccc(C=CC(N)=O)cc1.[I-]. The number of halogens is 1. The van der Waals surface area contributed by atoms with Crippen LogP contribution in [0.2, 0.25) is 0 Å². The first-order chi connectivity index (χ1) is 5.68. The van der Waals surface area contributed by atoms with Gasteiger partial charge in [0.1, 0.15) is 7.05 Å². The maximum Gasteiger partial charge on any atom is 0.241 e. The minimum Gasteiger partial charge on any atom is -1.00 e. The van der Waals surface area contributed by atoms with Crippen molar-refractivity contribution in [2.45, 2.75) is 0 Å². The fourth-order valence-electron chi connectivity index (χ4n) is 0.802. The first-order valence-electron chi connectivity index (χ1n) is 3.61. The predicted molar refractivity (Wildman–Crippen MR) is 45.8 cm³/mol. The molecule has 0 unspecified atom stereocenters. The van der Waals surface area contributed by atoms with Crippen molar-refractivity contribution in [1.29, 1.82) is 0 Å². The molecule has 1 rings (SSSR count). The first kappa shape index (κ1) is 12.1. The van der Waals surface area contributed by atoms with E-state index in [4.69, 9.17) is 5.73 Å². The first-order valence-corrected chi connectivity index (χ1v) is 3.61. The molecule has 0 aliphatic heterocycles. The second-order valence-electron chi connectivity index (χ2n) is 2.53. The standard InChI is InChI=1S/C9H10N2O.HI/c1-11-6-4-8(5-7-11)2-3-9(10)12;/h2-7H,1H3,(H-,10,12);1H. The summed E-state index contributed by atoms with van der Waals surface area (Å²) in [5.41, 5.74) is 5.90. The summed E-state index contributed by atoms with van der Waals surface area (Å²) in [4.78, 5) is 10.4. The molecule has 13 heavy (non-hydrogen) atoms. The van der Waals surface area contributed by atoms with Gasteiger partial charge in [-0.25, -0.2) is 4.57 Å². The van der Waals surface area contributed by atoms with Gasteiger partial charge in [0.2, 0.25) is 5.91 Å². The van der Waals surface area contributed by atoms with Gasteiger partial charge in [0, 0.05) is 18.2 Å². The molecule has 0 aliphatic carbocycles. The van der Waals surface area contributed by atoms with Crippen molar-refractivity contribution >= 4 is 12.0 Å².